The molecule has 2 heterocycles. The zero-order chi connectivity index (χ0) is 11.9. The van der Waals surface area contributed by atoms with Gasteiger partial charge in [0, 0.05) is 32.4 Å². The van der Waals surface area contributed by atoms with Gasteiger partial charge in [-0.2, -0.15) is 0 Å². The first-order chi connectivity index (χ1) is 8.38. The molecule has 0 saturated carbocycles. The summed E-state index contributed by atoms with van der Waals surface area (Å²) in [6.07, 6.45) is 2.14. The Morgan fingerprint density at radius 3 is 3.24 bits per heavy atom. The first kappa shape index (κ1) is 12.5. The van der Waals surface area contributed by atoms with Crippen molar-refractivity contribution in [2.75, 3.05) is 32.8 Å². The third-order valence-electron chi connectivity index (χ3n) is 3.07. The van der Waals surface area contributed by atoms with Gasteiger partial charge in [0.05, 0.1) is 18.4 Å². The molecule has 0 amide bonds. The molecule has 0 radical (unpaired) electrons. The molecule has 0 aromatic carbocycles. The molecule has 1 aliphatic rings. The van der Waals surface area contributed by atoms with E-state index in [9.17, 15) is 0 Å². The number of rotatable bonds is 5. The van der Waals surface area contributed by atoms with Gasteiger partial charge in [0.15, 0.2) is 0 Å². The van der Waals surface area contributed by atoms with E-state index in [1.165, 1.54) is 0 Å². The van der Waals surface area contributed by atoms with Gasteiger partial charge in [-0.3, -0.25) is 9.88 Å². The van der Waals surface area contributed by atoms with Crippen LogP contribution in [-0.4, -0.2) is 48.8 Å². The van der Waals surface area contributed by atoms with E-state index in [2.05, 4.69) is 22.1 Å². The summed E-state index contributed by atoms with van der Waals surface area (Å²) in [5.41, 5.74) is 1.08. The molecule has 2 rings (SSSR count). The van der Waals surface area contributed by atoms with Crippen LogP contribution in [0.25, 0.3) is 0 Å². The molecule has 1 aromatic heterocycles. The van der Waals surface area contributed by atoms with Crippen LogP contribution < -0.4 is 5.32 Å². The van der Waals surface area contributed by atoms with Gasteiger partial charge in [-0.25, -0.2) is 0 Å². The van der Waals surface area contributed by atoms with Gasteiger partial charge < -0.3 is 10.1 Å². The molecule has 0 aliphatic carbocycles. The first-order valence-corrected chi connectivity index (χ1v) is 6.33. The Morgan fingerprint density at radius 2 is 2.47 bits per heavy atom. The molecule has 1 fully saturated rings. The molecule has 4 heteroatoms. The summed E-state index contributed by atoms with van der Waals surface area (Å²) < 4.78 is 5.72. The van der Waals surface area contributed by atoms with Crippen molar-refractivity contribution in [1.29, 1.82) is 0 Å². The standard InChI is InChI=1S/C13H21N3O/c1-2-16-7-8-17-13(11-16)10-14-9-12-5-3-4-6-15-12/h3-6,13-14H,2,7-11H2,1H3/t13-/m1/s1. The minimum atomic E-state index is 0.312. The van der Waals surface area contributed by atoms with Crippen molar-refractivity contribution in [3.05, 3.63) is 30.1 Å². The average Bonchev–Trinajstić information content (AvgIpc) is 2.40. The van der Waals surface area contributed by atoms with Crippen molar-refractivity contribution in [3.8, 4) is 0 Å². The van der Waals surface area contributed by atoms with Crippen LogP contribution in [0.1, 0.15) is 12.6 Å². The lowest BCUT2D eigenvalue weighted by Crippen LogP contribution is -2.46. The summed E-state index contributed by atoms with van der Waals surface area (Å²) in [5.74, 6) is 0. The molecular formula is C13H21N3O. The third kappa shape index (κ3) is 4.07. The SMILES string of the molecule is CCN1CCO[C@H](CNCc2ccccn2)C1. The molecule has 94 valence electrons. The fraction of sp³-hybridized carbons (Fsp3) is 0.615. The fourth-order valence-electron chi connectivity index (χ4n) is 2.06. The number of aromatic nitrogens is 1. The largest absolute Gasteiger partial charge is 0.374 e. The second-order valence-corrected chi connectivity index (χ2v) is 4.34. The molecule has 17 heavy (non-hydrogen) atoms. The maximum Gasteiger partial charge on any atom is 0.0826 e. The number of nitrogens with one attached hydrogen (secondary N) is 1. The van der Waals surface area contributed by atoms with Crippen LogP contribution in [0.2, 0.25) is 0 Å². The number of likely N-dealkylation sites (N-methyl/N-ethyl adjacent to an activating group) is 1. The van der Waals surface area contributed by atoms with Crippen molar-refractivity contribution in [3.63, 3.8) is 0 Å². The summed E-state index contributed by atoms with van der Waals surface area (Å²) in [6.45, 7) is 7.96. The number of nitrogens with zero attached hydrogens (tertiary/aromatic N) is 2. The summed E-state index contributed by atoms with van der Waals surface area (Å²) in [4.78, 5) is 6.71. The van der Waals surface area contributed by atoms with E-state index in [-0.39, 0.29) is 0 Å². The van der Waals surface area contributed by atoms with Crippen molar-refractivity contribution < 1.29 is 4.74 Å². The monoisotopic (exact) mass is 235 g/mol. The highest BCUT2D eigenvalue weighted by molar-refractivity contribution is 5.02. The normalized spacial score (nSPS) is 21.6. The number of ether oxygens (including phenoxy) is 1. The van der Waals surface area contributed by atoms with Crippen LogP contribution in [0, 0.1) is 0 Å². The van der Waals surface area contributed by atoms with Gasteiger partial charge in [-0.1, -0.05) is 13.0 Å². The summed E-state index contributed by atoms with van der Waals surface area (Å²) >= 11 is 0. The maximum atomic E-state index is 5.72. The highest BCUT2D eigenvalue weighted by Gasteiger charge is 2.18. The molecule has 1 aromatic rings. The lowest BCUT2D eigenvalue weighted by Gasteiger charge is -2.32. The van der Waals surface area contributed by atoms with E-state index in [4.69, 9.17) is 4.74 Å². The van der Waals surface area contributed by atoms with Crippen molar-refractivity contribution in [2.24, 2.45) is 0 Å². The Kier molecular flexibility index (Phi) is 4.91. The van der Waals surface area contributed by atoms with Crippen LogP contribution in [0.5, 0.6) is 0 Å². The summed E-state index contributed by atoms with van der Waals surface area (Å²) in [6, 6.07) is 5.99. The average molecular weight is 235 g/mol. The highest BCUT2D eigenvalue weighted by atomic mass is 16.5. The zero-order valence-electron chi connectivity index (χ0n) is 10.4. The van der Waals surface area contributed by atoms with E-state index in [0.29, 0.717) is 6.10 Å². The molecule has 0 unspecified atom stereocenters. The fourth-order valence-corrected chi connectivity index (χ4v) is 2.06. The van der Waals surface area contributed by atoms with Gasteiger partial charge in [-0.15, -0.1) is 0 Å². The van der Waals surface area contributed by atoms with Crippen LogP contribution in [0.15, 0.2) is 24.4 Å². The quantitative estimate of drug-likeness (QED) is 0.822. The Balaban J connectivity index is 1.68. The molecule has 0 bridgehead atoms. The molecule has 1 saturated heterocycles. The smallest absolute Gasteiger partial charge is 0.0826 e. The summed E-state index contributed by atoms with van der Waals surface area (Å²) in [7, 11) is 0. The number of morpholine rings is 1. The second kappa shape index (κ2) is 6.69. The first-order valence-electron chi connectivity index (χ1n) is 6.33. The molecule has 1 N–H and O–H groups in total. The Morgan fingerprint density at radius 1 is 1.53 bits per heavy atom. The molecule has 0 spiro atoms. The van der Waals surface area contributed by atoms with Gasteiger partial charge in [0.25, 0.3) is 0 Å². The lowest BCUT2D eigenvalue weighted by molar-refractivity contribution is -0.0254. The minimum Gasteiger partial charge on any atom is -0.374 e. The molecular weight excluding hydrogens is 214 g/mol. The van der Waals surface area contributed by atoms with E-state index >= 15 is 0 Å². The number of hydrogen-bond donors (Lipinski definition) is 1. The number of hydrogen-bond acceptors (Lipinski definition) is 4. The van der Waals surface area contributed by atoms with Gasteiger partial charge >= 0.3 is 0 Å². The molecule has 1 aliphatic heterocycles. The summed E-state index contributed by atoms with van der Waals surface area (Å²) in [5, 5.41) is 3.40. The van der Waals surface area contributed by atoms with Crippen molar-refractivity contribution >= 4 is 0 Å². The molecule has 4 nitrogen and oxygen atoms in total. The lowest BCUT2D eigenvalue weighted by atomic mass is 10.2. The second-order valence-electron chi connectivity index (χ2n) is 4.34. The Bertz CT molecular complexity index is 318. The van der Waals surface area contributed by atoms with E-state index < -0.39 is 0 Å². The predicted molar refractivity (Wildman–Crippen MR) is 67.8 cm³/mol. The van der Waals surface area contributed by atoms with Crippen molar-refractivity contribution in [2.45, 2.75) is 19.6 Å². The Hall–Kier alpha value is -0.970. The predicted octanol–water partition coefficient (Wildman–Crippen LogP) is 0.892. The number of pyridine rings is 1. The topological polar surface area (TPSA) is 37.4 Å². The van der Waals surface area contributed by atoms with E-state index in [0.717, 1.165) is 45.0 Å². The van der Waals surface area contributed by atoms with Crippen LogP contribution in [0.4, 0.5) is 0 Å². The van der Waals surface area contributed by atoms with Gasteiger partial charge in [0.1, 0.15) is 0 Å². The highest BCUT2D eigenvalue weighted by Crippen LogP contribution is 2.04. The van der Waals surface area contributed by atoms with Crippen molar-refractivity contribution in [1.82, 2.24) is 15.2 Å². The van der Waals surface area contributed by atoms with Crippen LogP contribution in [-0.2, 0) is 11.3 Å². The zero-order valence-corrected chi connectivity index (χ0v) is 10.4. The van der Waals surface area contributed by atoms with E-state index in [1.807, 2.05) is 24.4 Å². The van der Waals surface area contributed by atoms with E-state index in [1.54, 1.807) is 0 Å². The Labute approximate surface area is 103 Å². The third-order valence-corrected chi connectivity index (χ3v) is 3.07. The minimum absolute atomic E-state index is 0.312. The van der Waals surface area contributed by atoms with Gasteiger partial charge in [-0.05, 0) is 18.7 Å². The van der Waals surface area contributed by atoms with Crippen LogP contribution >= 0.6 is 0 Å². The van der Waals surface area contributed by atoms with Crippen LogP contribution in [0.3, 0.4) is 0 Å². The maximum absolute atomic E-state index is 5.72. The molecule has 1 atom stereocenters. The van der Waals surface area contributed by atoms with Gasteiger partial charge in [0.2, 0.25) is 0 Å².